The van der Waals surface area contributed by atoms with Crippen molar-refractivity contribution in [3.8, 4) is 5.75 Å². The van der Waals surface area contributed by atoms with Crippen LogP contribution >= 0.6 is 45.2 Å². The number of aliphatic hydroxyl groups excluding tert-OH is 1. The number of hydrogen-bond acceptors (Lipinski definition) is 2. The van der Waals surface area contributed by atoms with Gasteiger partial charge in [0.1, 0.15) is 12.4 Å². The average molecular weight is 418 g/mol. The summed E-state index contributed by atoms with van der Waals surface area (Å²) in [6.45, 7) is 2.31. The molecule has 0 saturated heterocycles. The van der Waals surface area contributed by atoms with E-state index in [1.165, 1.54) is 3.57 Å². The summed E-state index contributed by atoms with van der Waals surface area (Å²) in [6, 6.07) is 5.98. The van der Waals surface area contributed by atoms with E-state index in [4.69, 9.17) is 4.74 Å². The van der Waals surface area contributed by atoms with E-state index in [1.807, 2.05) is 19.1 Å². The Bertz CT molecular complexity index is 302. The zero-order valence-electron chi connectivity index (χ0n) is 7.84. The summed E-state index contributed by atoms with van der Waals surface area (Å²) < 4.78 is 7.76. The molecule has 1 atom stereocenters. The van der Waals surface area contributed by atoms with Gasteiger partial charge in [-0.15, -0.1) is 0 Å². The highest BCUT2D eigenvalue weighted by Gasteiger charge is 2.05. The minimum absolute atomic E-state index is 0.368. The van der Waals surface area contributed by atoms with Crippen molar-refractivity contribution in [3.05, 3.63) is 25.3 Å². The lowest BCUT2D eigenvalue weighted by atomic mass is 10.3. The van der Waals surface area contributed by atoms with Gasteiger partial charge in [-0.05, 0) is 69.8 Å². The van der Waals surface area contributed by atoms with Crippen molar-refractivity contribution < 1.29 is 9.84 Å². The van der Waals surface area contributed by atoms with Crippen molar-refractivity contribution in [1.82, 2.24) is 0 Å². The van der Waals surface area contributed by atoms with Crippen LogP contribution in [0.3, 0.4) is 0 Å². The predicted molar refractivity (Wildman–Crippen MR) is 73.7 cm³/mol. The highest BCUT2D eigenvalue weighted by atomic mass is 127. The highest BCUT2D eigenvalue weighted by Crippen LogP contribution is 2.23. The number of hydrogen-bond donors (Lipinski definition) is 1. The van der Waals surface area contributed by atoms with Crippen LogP contribution in [-0.2, 0) is 0 Å². The summed E-state index contributed by atoms with van der Waals surface area (Å²) in [5.74, 6) is 0.846. The van der Waals surface area contributed by atoms with Crippen LogP contribution in [0, 0.1) is 7.14 Å². The van der Waals surface area contributed by atoms with Gasteiger partial charge in [0.15, 0.2) is 0 Å². The molecule has 4 heteroatoms. The number of benzene rings is 1. The van der Waals surface area contributed by atoms with Gasteiger partial charge in [-0.2, -0.15) is 0 Å². The van der Waals surface area contributed by atoms with Crippen molar-refractivity contribution in [3.63, 3.8) is 0 Å². The third-order valence-electron chi connectivity index (χ3n) is 1.80. The molecule has 0 aliphatic rings. The molecule has 1 unspecified atom stereocenters. The molecule has 1 aromatic rings. The molecule has 0 radical (unpaired) electrons. The Morgan fingerprint density at radius 3 is 2.71 bits per heavy atom. The second-order valence-corrected chi connectivity index (χ2v) is 5.36. The third-order valence-corrected chi connectivity index (χ3v) is 3.31. The molecule has 2 nitrogen and oxygen atoms in total. The van der Waals surface area contributed by atoms with E-state index in [0.29, 0.717) is 6.61 Å². The molecular formula is C10H12I2O2. The summed E-state index contributed by atoms with van der Waals surface area (Å²) >= 11 is 4.49. The minimum Gasteiger partial charge on any atom is -0.490 e. The lowest BCUT2D eigenvalue weighted by Crippen LogP contribution is -2.16. The van der Waals surface area contributed by atoms with Crippen LogP contribution in [0.4, 0.5) is 0 Å². The van der Waals surface area contributed by atoms with Gasteiger partial charge in [-0.1, -0.05) is 6.92 Å². The number of rotatable bonds is 4. The topological polar surface area (TPSA) is 29.5 Å². The molecule has 1 aromatic carbocycles. The first-order valence-electron chi connectivity index (χ1n) is 4.39. The second-order valence-electron chi connectivity index (χ2n) is 2.95. The van der Waals surface area contributed by atoms with Crippen LogP contribution in [0.1, 0.15) is 13.3 Å². The Balaban J connectivity index is 2.59. The molecule has 0 heterocycles. The van der Waals surface area contributed by atoms with Crippen LogP contribution in [0.5, 0.6) is 5.75 Å². The normalized spacial score (nSPS) is 12.6. The molecule has 0 saturated carbocycles. The molecule has 0 aliphatic heterocycles. The van der Waals surface area contributed by atoms with Crippen LogP contribution in [0.25, 0.3) is 0 Å². The molecule has 0 fully saturated rings. The summed E-state index contributed by atoms with van der Waals surface area (Å²) in [5.41, 5.74) is 0. The molecule has 0 bridgehead atoms. The second kappa shape index (κ2) is 6.12. The molecular weight excluding hydrogens is 406 g/mol. The lowest BCUT2D eigenvalue weighted by Gasteiger charge is -2.11. The molecule has 0 spiro atoms. The van der Waals surface area contributed by atoms with Gasteiger partial charge < -0.3 is 9.84 Å². The first kappa shape index (κ1) is 12.5. The predicted octanol–water partition coefficient (Wildman–Crippen LogP) is 3.05. The van der Waals surface area contributed by atoms with Crippen molar-refractivity contribution in [2.45, 2.75) is 19.4 Å². The molecule has 0 aromatic heterocycles. The Morgan fingerprint density at radius 2 is 2.14 bits per heavy atom. The average Bonchev–Trinajstić information content (AvgIpc) is 2.16. The van der Waals surface area contributed by atoms with Gasteiger partial charge >= 0.3 is 0 Å². The van der Waals surface area contributed by atoms with E-state index in [2.05, 4.69) is 51.2 Å². The van der Waals surface area contributed by atoms with E-state index in [9.17, 15) is 5.11 Å². The SMILES string of the molecule is CCC(O)COc1ccc(I)cc1I. The molecule has 14 heavy (non-hydrogen) atoms. The molecule has 1 rings (SSSR count). The van der Waals surface area contributed by atoms with E-state index in [0.717, 1.165) is 15.7 Å². The highest BCUT2D eigenvalue weighted by molar-refractivity contribution is 14.1. The standard InChI is InChI=1S/C10H12I2O2/c1-2-8(13)6-14-10-4-3-7(11)5-9(10)12/h3-5,8,13H,2,6H2,1H3. The summed E-state index contributed by atoms with van der Waals surface area (Å²) in [7, 11) is 0. The van der Waals surface area contributed by atoms with Crippen molar-refractivity contribution in [2.24, 2.45) is 0 Å². The lowest BCUT2D eigenvalue weighted by molar-refractivity contribution is 0.104. The third kappa shape index (κ3) is 3.90. The molecule has 0 amide bonds. The van der Waals surface area contributed by atoms with Gasteiger partial charge in [-0.3, -0.25) is 0 Å². The van der Waals surface area contributed by atoms with Gasteiger partial charge in [0.05, 0.1) is 9.67 Å². The first-order chi connectivity index (χ1) is 6.63. The van der Waals surface area contributed by atoms with Crippen LogP contribution < -0.4 is 4.74 Å². The summed E-state index contributed by atoms with van der Waals surface area (Å²) in [5, 5.41) is 9.34. The molecule has 0 aliphatic carbocycles. The fourth-order valence-corrected chi connectivity index (χ4v) is 2.65. The zero-order valence-corrected chi connectivity index (χ0v) is 12.2. The van der Waals surface area contributed by atoms with Gasteiger partial charge in [-0.25, -0.2) is 0 Å². The minimum atomic E-state index is -0.370. The summed E-state index contributed by atoms with van der Waals surface area (Å²) in [6.07, 6.45) is 0.353. The fourth-order valence-electron chi connectivity index (χ4n) is 0.896. The van der Waals surface area contributed by atoms with E-state index >= 15 is 0 Å². The van der Waals surface area contributed by atoms with Gasteiger partial charge in [0.25, 0.3) is 0 Å². The maximum absolute atomic E-state index is 9.34. The Morgan fingerprint density at radius 1 is 1.43 bits per heavy atom. The Hall–Kier alpha value is 0.440. The van der Waals surface area contributed by atoms with E-state index < -0.39 is 0 Å². The zero-order chi connectivity index (χ0) is 10.6. The fraction of sp³-hybridized carbons (Fsp3) is 0.400. The first-order valence-corrected chi connectivity index (χ1v) is 6.55. The molecule has 1 N–H and O–H groups in total. The Kier molecular flexibility index (Phi) is 5.47. The number of ether oxygens (including phenoxy) is 1. The molecule has 78 valence electrons. The smallest absolute Gasteiger partial charge is 0.132 e. The van der Waals surface area contributed by atoms with Crippen molar-refractivity contribution in [2.75, 3.05) is 6.61 Å². The maximum Gasteiger partial charge on any atom is 0.132 e. The van der Waals surface area contributed by atoms with Crippen molar-refractivity contribution in [1.29, 1.82) is 0 Å². The Labute approximate surface area is 111 Å². The summed E-state index contributed by atoms with van der Waals surface area (Å²) in [4.78, 5) is 0. The van der Waals surface area contributed by atoms with E-state index in [-0.39, 0.29) is 6.10 Å². The largest absolute Gasteiger partial charge is 0.490 e. The van der Waals surface area contributed by atoms with E-state index in [1.54, 1.807) is 0 Å². The van der Waals surface area contributed by atoms with Gasteiger partial charge in [0, 0.05) is 3.57 Å². The monoisotopic (exact) mass is 418 g/mol. The quantitative estimate of drug-likeness (QED) is 0.763. The van der Waals surface area contributed by atoms with Crippen molar-refractivity contribution >= 4 is 45.2 Å². The van der Waals surface area contributed by atoms with Crippen LogP contribution in [0.15, 0.2) is 18.2 Å². The van der Waals surface area contributed by atoms with Gasteiger partial charge in [0.2, 0.25) is 0 Å². The number of halogens is 2. The maximum atomic E-state index is 9.34. The number of aliphatic hydroxyl groups is 1. The van der Waals surface area contributed by atoms with Crippen LogP contribution in [0.2, 0.25) is 0 Å². The van der Waals surface area contributed by atoms with Crippen LogP contribution in [-0.4, -0.2) is 17.8 Å².